The Morgan fingerprint density at radius 1 is 0.829 bits per heavy atom. The SMILES string of the molecule is CC(C)CC(NC(=O)C(C)N)C(=O)NC(CCC(=O)O)C(=O)NC(Cc1ccc(O)cc1)C(=O)O. The topological polar surface area (TPSA) is 208 Å². The van der Waals surface area contributed by atoms with E-state index in [-0.39, 0.29) is 30.9 Å². The molecule has 4 atom stereocenters. The lowest BCUT2D eigenvalue weighted by Crippen LogP contribution is -2.57. The van der Waals surface area contributed by atoms with Gasteiger partial charge in [0.15, 0.2) is 0 Å². The molecule has 1 aromatic rings. The second-order valence-corrected chi connectivity index (χ2v) is 8.74. The molecular weight excluding hydrogens is 460 g/mol. The summed E-state index contributed by atoms with van der Waals surface area (Å²) in [6, 6.07) is 1.11. The number of hydrogen-bond acceptors (Lipinski definition) is 7. The van der Waals surface area contributed by atoms with Crippen LogP contribution in [0.4, 0.5) is 0 Å². The first kappa shape index (κ1) is 29.4. The van der Waals surface area contributed by atoms with Crippen LogP contribution in [0.25, 0.3) is 0 Å². The maximum Gasteiger partial charge on any atom is 0.326 e. The maximum absolute atomic E-state index is 12.9. The molecule has 0 bridgehead atoms. The lowest BCUT2D eigenvalue weighted by atomic mass is 10.0. The van der Waals surface area contributed by atoms with Crippen molar-refractivity contribution in [2.45, 2.75) is 70.6 Å². The summed E-state index contributed by atoms with van der Waals surface area (Å²) in [7, 11) is 0. The number of aromatic hydroxyl groups is 1. The first-order valence-electron chi connectivity index (χ1n) is 11.2. The molecule has 0 radical (unpaired) electrons. The van der Waals surface area contributed by atoms with Crippen LogP contribution in [0.5, 0.6) is 5.75 Å². The van der Waals surface area contributed by atoms with E-state index in [9.17, 15) is 34.2 Å². The molecule has 0 spiro atoms. The number of carboxylic acids is 2. The Labute approximate surface area is 203 Å². The lowest BCUT2D eigenvalue weighted by Gasteiger charge is -2.25. The first-order valence-corrected chi connectivity index (χ1v) is 11.2. The van der Waals surface area contributed by atoms with Gasteiger partial charge in [0.25, 0.3) is 0 Å². The average Bonchev–Trinajstić information content (AvgIpc) is 2.76. The Morgan fingerprint density at radius 3 is 1.83 bits per heavy atom. The Morgan fingerprint density at radius 2 is 1.34 bits per heavy atom. The first-order chi connectivity index (χ1) is 16.3. The zero-order chi connectivity index (χ0) is 26.7. The van der Waals surface area contributed by atoms with E-state index < -0.39 is 60.2 Å². The van der Waals surface area contributed by atoms with Gasteiger partial charge in [-0.2, -0.15) is 0 Å². The van der Waals surface area contributed by atoms with Gasteiger partial charge in [0.05, 0.1) is 6.04 Å². The van der Waals surface area contributed by atoms with Gasteiger partial charge in [-0.15, -0.1) is 0 Å². The second-order valence-electron chi connectivity index (χ2n) is 8.74. The van der Waals surface area contributed by atoms with E-state index in [0.717, 1.165) is 0 Å². The average molecular weight is 495 g/mol. The van der Waals surface area contributed by atoms with Gasteiger partial charge in [-0.05, 0) is 43.4 Å². The Balaban J connectivity index is 3.03. The molecule has 12 nitrogen and oxygen atoms in total. The fourth-order valence-corrected chi connectivity index (χ4v) is 3.16. The standard InChI is InChI=1S/C23H34N4O8/c1-12(2)10-17(26-20(31)13(3)24)22(33)25-16(8-9-19(29)30)21(32)27-18(23(34)35)11-14-4-6-15(28)7-5-14/h4-7,12-13,16-18,28H,8-11,24H2,1-3H3,(H,25,33)(H,26,31)(H,27,32)(H,29,30)(H,34,35). The minimum Gasteiger partial charge on any atom is -0.508 e. The highest BCUT2D eigenvalue weighted by Gasteiger charge is 2.30. The van der Waals surface area contributed by atoms with E-state index in [2.05, 4.69) is 16.0 Å². The van der Waals surface area contributed by atoms with Crippen LogP contribution in [-0.4, -0.2) is 69.1 Å². The summed E-state index contributed by atoms with van der Waals surface area (Å²) < 4.78 is 0. The molecule has 194 valence electrons. The molecule has 0 aliphatic heterocycles. The highest BCUT2D eigenvalue weighted by atomic mass is 16.4. The van der Waals surface area contributed by atoms with Crippen molar-refractivity contribution in [3.05, 3.63) is 29.8 Å². The third-order valence-corrected chi connectivity index (χ3v) is 5.02. The number of aliphatic carboxylic acids is 2. The number of nitrogens with two attached hydrogens (primary N) is 1. The summed E-state index contributed by atoms with van der Waals surface area (Å²) in [6.45, 7) is 5.10. The highest BCUT2D eigenvalue weighted by molar-refractivity contribution is 5.94. The van der Waals surface area contributed by atoms with Gasteiger partial charge >= 0.3 is 11.9 Å². The largest absolute Gasteiger partial charge is 0.508 e. The van der Waals surface area contributed by atoms with E-state index in [1.165, 1.54) is 31.2 Å². The number of amides is 3. The number of benzene rings is 1. The van der Waals surface area contributed by atoms with E-state index in [1.54, 1.807) is 0 Å². The molecule has 12 heteroatoms. The number of nitrogens with one attached hydrogen (secondary N) is 3. The van der Waals surface area contributed by atoms with Crippen molar-refractivity contribution >= 4 is 29.7 Å². The fourth-order valence-electron chi connectivity index (χ4n) is 3.16. The molecule has 1 aromatic carbocycles. The maximum atomic E-state index is 12.9. The molecular formula is C23H34N4O8. The minimum atomic E-state index is -1.37. The summed E-state index contributed by atoms with van der Waals surface area (Å²) in [5.41, 5.74) is 6.08. The number of phenolic OH excluding ortho intramolecular Hbond substituents is 1. The Hall–Kier alpha value is -3.67. The molecule has 0 saturated heterocycles. The van der Waals surface area contributed by atoms with Gasteiger partial charge in [0.1, 0.15) is 23.9 Å². The predicted molar refractivity (Wildman–Crippen MR) is 125 cm³/mol. The summed E-state index contributed by atoms with van der Waals surface area (Å²) in [5, 5.41) is 35.3. The number of hydrogen-bond donors (Lipinski definition) is 7. The van der Waals surface area contributed by atoms with E-state index in [4.69, 9.17) is 10.8 Å². The number of phenols is 1. The summed E-state index contributed by atoms with van der Waals surface area (Å²) in [5.74, 6) is -4.73. The third-order valence-electron chi connectivity index (χ3n) is 5.02. The van der Waals surface area contributed by atoms with Gasteiger partial charge in [-0.1, -0.05) is 26.0 Å². The third kappa shape index (κ3) is 10.9. The van der Waals surface area contributed by atoms with Crippen molar-refractivity contribution in [1.29, 1.82) is 0 Å². The molecule has 0 aliphatic rings. The van der Waals surface area contributed by atoms with Gasteiger partial charge in [0, 0.05) is 12.8 Å². The Bertz CT molecular complexity index is 901. The van der Waals surface area contributed by atoms with E-state index in [0.29, 0.717) is 5.56 Å². The molecule has 1 rings (SSSR count). The molecule has 8 N–H and O–H groups in total. The van der Waals surface area contributed by atoms with Gasteiger partial charge in [0.2, 0.25) is 17.7 Å². The second kappa shape index (κ2) is 13.9. The molecule has 0 heterocycles. The monoisotopic (exact) mass is 494 g/mol. The van der Waals surface area contributed by atoms with Crippen molar-refractivity contribution < 1.29 is 39.3 Å². The number of rotatable bonds is 14. The van der Waals surface area contributed by atoms with Gasteiger partial charge in [-0.25, -0.2) is 4.79 Å². The van der Waals surface area contributed by atoms with Crippen LogP contribution in [0, 0.1) is 5.92 Å². The summed E-state index contributed by atoms with van der Waals surface area (Å²) in [4.78, 5) is 60.6. The van der Waals surface area contributed by atoms with Crippen LogP contribution in [0.2, 0.25) is 0 Å². The smallest absolute Gasteiger partial charge is 0.326 e. The molecule has 0 aromatic heterocycles. The summed E-state index contributed by atoms with van der Waals surface area (Å²) in [6.07, 6.45) is -0.638. The zero-order valence-electron chi connectivity index (χ0n) is 20.0. The van der Waals surface area contributed by atoms with Crippen LogP contribution >= 0.6 is 0 Å². The van der Waals surface area contributed by atoms with Gasteiger partial charge < -0.3 is 37.0 Å². The summed E-state index contributed by atoms with van der Waals surface area (Å²) >= 11 is 0. The van der Waals surface area contributed by atoms with Crippen LogP contribution in [0.3, 0.4) is 0 Å². The van der Waals surface area contributed by atoms with Crippen molar-refractivity contribution in [3.8, 4) is 5.75 Å². The molecule has 0 saturated carbocycles. The van der Waals surface area contributed by atoms with Crippen molar-refractivity contribution in [2.75, 3.05) is 0 Å². The van der Waals surface area contributed by atoms with Crippen LogP contribution < -0.4 is 21.7 Å². The van der Waals surface area contributed by atoms with Crippen LogP contribution in [0.15, 0.2) is 24.3 Å². The van der Waals surface area contributed by atoms with E-state index in [1.807, 2.05) is 13.8 Å². The van der Waals surface area contributed by atoms with Crippen LogP contribution in [-0.2, 0) is 30.4 Å². The molecule has 4 unspecified atom stereocenters. The normalized spacial score (nSPS) is 14.3. The molecule has 35 heavy (non-hydrogen) atoms. The Kier molecular flexibility index (Phi) is 11.7. The van der Waals surface area contributed by atoms with Crippen LogP contribution in [0.1, 0.15) is 45.6 Å². The van der Waals surface area contributed by atoms with Crippen molar-refractivity contribution in [3.63, 3.8) is 0 Å². The molecule has 3 amide bonds. The quantitative estimate of drug-likeness (QED) is 0.181. The highest BCUT2D eigenvalue weighted by Crippen LogP contribution is 2.12. The minimum absolute atomic E-state index is 0.00631. The number of carbonyl (C=O) groups excluding carboxylic acids is 3. The zero-order valence-corrected chi connectivity index (χ0v) is 20.0. The fraction of sp³-hybridized carbons (Fsp3) is 0.522. The number of carbonyl (C=O) groups is 5. The molecule has 0 aliphatic carbocycles. The van der Waals surface area contributed by atoms with E-state index >= 15 is 0 Å². The van der Waals surface area contributed by atoms with Gasteiger partial charge in [-0.3, -0.25) is 19.2 Å². The predicted octanol–water partition coefficient (Wildman–Crippen LogP) is -0.268. The van der Waals surface area contributed by atoms with Crippen molar-refractivity contribution in [1.82, 2.24) is 16.0 Å². The number of carboxylic acid groups (broad SMARTS) is 2. The lowest BCUT2D eigenvalue weighted by molar-refractivity contribution is -0.143. The molecule has 0 fully saturated rings. The van der Waals surface area contributed by atoms with Crippen molar-refractivity contribution in [2.24, 2.45) is 11.7 Å².